The Labute approximate surface area is 129 Å². The number of hydrogen-bond donors (Lipinski definition) is 1. The number of hydrogen-bond acceptors (Lipinski definition) is 3. The Morgan fingerprint density at radius 3 is 2.61 bits per heavy atom. The number of nitrogens with zero attached hydrogens (tertiary/aromatic N) is 1. The molecule has 2 atom stereocenters. The van der Waals surface area contributed by atoms with Gasteiger partial charge in [0.15, 0.2) is 0 Å². The summed E-state index contributed by atoms with van der Waals surface area (Å²) in [5.74, 6) is -1.55. The summed E-state index contributed by atoms with van der Waals surface area (Å²) in [6.45, 7) is 7.33. The molecule has 1 heterocycles. The van der Waals surface area contributed by atoms with Gasteiger partial charge in [-0.3, -0.25) is 10.1 Å². The van der Waals surface area contributed by atoms with E-state index in [-0.39, 0.29) is 35.5 Å². The largest absolute Gasteiger partial charge is 1.00 e. The molecule has 0 saturated heterocycles. The van der Waals surface area contributed by atoms with Crippen LogP contribution in [0.2, 0.25) is 0 Å². The Kier molecular flexibility index (Phi) is 6.81. The molecule has 0 aromatic rings. The molecule has 1 N–H and O–H groups in total. The number of nitrogens with one attached hydrogen (secondary N) is 1. The minimum absolute atomic E-state index is 0. The van der Waals surface area contributed by atoms with Crippen LogP contribution in [0.1, 0.15) is 33.1 Å². The van der Waals surface area contributed by atoms with Crippen LogP contribution < -0.4 is 40.0 Å². The molecule has 0 aliphatic carbocycles. The second-order valence-electron chi connectivity index (χ2n) is 4.28. The molecule has 0 fully saturated rings. The summed E-state index contributed by atoms with van der Waals surface area (Å²) in [6, 6.07) is -0.872. The molecule has 6 heteroatoms. The molecule has 94 valence electrons. The van der Waals surface area contributed by atoms with E-state index in [1.165, 1.54) is 0 Å². The van der Waals surface area contributed by atoms with Gasteiger partial charge in [0.05, 0.1) is 5.41 Å². The van der Waals surface area contributed by atoms with Crippen molar-refractivity contribution in [1.29, 1.82) is 0 Å². The topological polar surface area (TPSA) is 81.6 Å². The van der Waals surface area contributed by atoms with E-state index in [1.54, 1.807) is 13.0 Å². The number of urea groups is 1. The van der Waals surface area contributed by atoms with Gasteiger partial charge in [0.2, 0.25) is 5.91 Å². The zero-order chi connectivity index (χ0) is 13.1. The number of amides is 3. The quantitative estimate of drug-likeness (QED) is 0.458. The first-order valence-corrected chi connectivity index (χ1v) is 5.73. The van der Waals surface area contributed by atoms with Crippen molar-refractivity contribution in [2.45, 2.75) is 33.1 Å². The molecule has 1 aliphatic rings. The van der Waals surface area contributed by atoms with Crippen molar-refractivity contribution >= 4 is 17.8 Å². The molecule has 18 heavy (non-hydrogen) atoms. The Morgan fingerprint density at radius 1 is 1.56 bits per heavy atom. The second kappa shape index (κ2) is 7.07. The standard InChI is InChI=1S/C12H18N2O3.Na/c1-4-6-7-12(8(3)5-2)9(15)13-11(17)14-10(12)16;/h5,8H,2,4,6-7H2,1,3H3,(H2,13,14,15,16,17);/q;+1/p-1. The normalized spacial score (nSPS) is 24.7. The average Bonchev–Trinajstić information content (AvgIpc) is 2.27. The first kappa shape index (κ1) is 17.4. The van der Waals surface area contributed by atoms with E-state index in [4.69, 9.17) is 0 Å². The van der Waals surface area contributed by atoms with Gasteiger partial charge in [-0.15, -0.1) is 6.58 Å². The van der Waals surface area contributed by atoms with Crippen molar-refractivity contribution in [2.24, 2.45) is 16.3 Å². The van der Waals surface area contributed by atoms with Gasteiger partial charge in [-0.25, -0.2) is 9.79 Å². The van der Waals surface area contributed by atoms with Crippen LogP contribution >= 0.6 is 0 Å². The number of carbonyl (C=O) groups is 2. The van der Waals surface area contributed by atoms with Gasteiger partial charge in [0.1, 0.15) is 0 Å². The summed E-state index contributed by atoms with van der Waals surface area (Å²) in [5.41, 5.74) is -1.26. The third-order valence-electron chi connectivity index (χ3n) is 3.27. The molecule has 1 aliphatic heterocycles. The van der Waals surface area contributed by atoms with E-state index in [2.05, 4.69) is 16.9 Å². The van der Waals surface area contributed by atoms with E-state index >= 15 is 0 Å². The Bertz CT molecular complexity index is 382. The molecule has 0 radical (unpaired) electrons. The Morgan fingerprint density at radius 2 is 2.17 bits per heavy atom. The minimum atomic E-state index is -1.26. The zero-order valence-electron chi connectivity index (χ0n) is 11.2. The van der Waals surface area contributed by atoms with E-state index in [9.17, 15) is 14.7 Å². The van der Waals surface area contributed by atoms with Crippen molar-refractivity contribution in [3.8, 4) is 0 Å². The van der Waals surface area contributed by atoms with Crippen LogP contribution in [-0.2, 0) is 4.79 Å². The SMILES string of the molecule is C=CC(C)C1(CCCC)C(=O)NC(=O)N=C1[O-].[Na+]. The minimum Gasteiger partial charge on any atom is -0.861 e. The summed E-state index contributed by atoms with van der Waals surface area (Å²) in [6.07, 6.45) is 3.53. The smallest absolute Gasteiger partial charge is 0.861 e. The van der Waals surface area contributed by atoms with Crippen molar-refractivity contribution in [1.82, 2.24) is 5.32 Å². The third kappa shape index (κ3) is 3.02. The maximum absolute atomic E-state index is 12.0. The van der Waals surface area contributed by atoms with Crippen LogP contribution in [0.5, 0.6) is 0 Å². The molecule has 0 saturated carbocycles. The van der Waals surface area contributed by atoms with Crippen LogP contribution in [0.4, 0.5) is 4.79 Å². The molecule has 5 nitrogen and oxygen atoms in total. The molecule has 0 bridgehead atoms. The summed E-state index contributed by atoms with van der Waals surface area (Å²) < 4.78 is 0. The first-order valence-electron chi connectivity index (χ1n) is 5.73. The Balaban J connectivity index is 0.00000289. The van der Waals surface area contributed by atoms with Crippen molar-refractivity contribution in [3.63, 3.8) is 0 Å². The maximum Gasteiger partial charge on any atom is 1.00 e. The molecular formula is C12H17N2NaO3. The van der Waals surface area contributed by atoms with Crippen LogP contribution in [0, 0.1) is 11.3 Å². The second-order valence-corrected chi connectivity index (χ2v) is 4.28. The third-order valence-corrected chi connectivity index (χ3v) is 3.27. The molecule has 0 spiro atoms. The molecule has 0 aromatic heterocycles. The number of unbranched alkanes of at least 4 members (excludes halogenated alkanes) is 1. The summed E-state index contributed by atoms with van der Waals surface area (Å²) in [7, 11) is 0. The van der Waals surface area contributed by atoms with E-state index in [0.29, 0.717) is 6.42 Å². The van der Waals surface area contributed by atoms with Gasteiger partial charge in [-0.1, -0.05) is 32.8 Å². The molecule has 3 amide bonds. The number of rotatable bonds is 5. The van der Waals surface area contributed by atoms with E-state index in [0.717, 1.165) is 12.8 Å². The monoisotopic (exact) mass is 260 g/mol. The maximum atomic E-state index is 12.0. The van der Waals surface area contributed by atoms with Gasteiger partial charge in [0.25, 0.3) is 0 Å². The van der Waals surface area contributed by atoms with Gasteiger partial charge in [0, 0.05) is 0 Å². The van der Waals surface area contributed by atoms with Gasteiger partial charge < -0.3 is 5.11 Å². The van der Waals surface area contributed by atoms with E-state index in [1.807, 2.05) is 6.92 Å². The number of aliphatic imine (C=N–C) groups is 1. The van der Waals surface area contributed by atoms with Crippen LogP contribution in [-0.4, -0.2) is 17.8 Å². The number of imide groups is 1. The molecular weight excluding hydrogens is 243 g/mol. The number of allylic oxidation sites excluding steroid dienone is 1. The fraction of sp³-hybridized carbons (Fsp3) is 0.583. The van der Waals surface area contributed by atoms with Gasteiger partial charge in [-0.05, 0) is 18.2 Å². The summed E-state index contributed by atoms with van der Waals surface area (Å²) in [5, 5.41) is 14.1. The fourth-order valence-corrected chi connectivity index (χ4v) is 2.03. The average molecular weight is 260 g/mol. The van der Waals surface area contributed by atoms with Crippen LogP contribution in [0.25, 0.3) is 0 Å². The van der Waals surface area contributed by atoms with Crippen molar-refractivity contribution in [2.75, 3.05) is 0 Å². The van der Waals surface area contributed by atoms with E-state index < -0.39 is 23.3 Å². The van der Waals surface area contributed by atoms with Crippen molar-refractivity contribution < 1.29 is 44.3 Å². The molecule has 2 unspecified atom stereocenters. The van der Waals surface area contributed by atoms with Crippen LogP contribution in [0.3, 0.4) is 0 Å². The Hall–Kier alpha value is -0.650. The number of carbonyl (C=O) groups excluding carboxylic acids is 2. The zero-order valence-corrected chi connectivity index (χ0v) is 13.2. The first-order chi connectivity index (χ1) is 7.98. The van der Waals surface area contributed by atoms with Gasteiger partial charge >= 0.3 is 35.6 Å². The van der Waals surface area contributed by atoms with Crippen LogP contribution in [0.15, 0.2) is 17.6 Å². The predicted octanol–water partition coefficient (Wildman–Crippen LogP) is -2.00. The predicted molar refractivity (Wildman–Crippen MR) is 62.3 cm³/mol. The fourth-order valence-electron chi connectivity index (χ4n) is 2.03. The molecule has 0 aromatic carbocycles. The molecule has 1 rings (SSSR count). The summed E-state index contributed by atoms with van der Waals surface area (Å²) in [4.78, 5) is 26.3. The summed E-state index contributed by atoms with van der Waals surface area (Å²) >= 11 is 0. The van der Waals surface area contributed by atoms with Crippen molar-refractivity contribution in [3.05, 3.63) is 12.7 Å². The van der Waals surface area contributed by atoms with Gasteiger partial charge in [-0.2, -0.15) is 0 Å².